The SMILES string of the molecule is CCN(CC(=O)O)C1CC(NC(=O)N2CCC(CSc3ccccc3)C2)C1. The van der Waals surface area contributed by atoms with Gasteiger partial charge in [0.25, 0.3) is 0 Å². The van der Waals surface area contributed by atoms with Crippen molar-refractivity contribution in [2.45, 2.75) is 43.2 Å². The predicted molar refractivity (Wildman–Crippen MR) is 107 cm³/mol. The average Bonchev–Trinajstić information content (AvgIpc) is 3.10. The highest BCUT2D eigenvalue weighted by molar-refractivity contribution is 7.99. The van der Waals surface area contributed by atoms with Crippen LogP contribution in [0.15, 0.2) is 35.2 Å². The molecule has 6 nitrogen and oxygen atoms in total. The fourth-order valence-corrected chi connectivity index (χ4v) is 4.88. The van der Waals surface area contributed by atoms with Gasteiger partial charge in [0.1, 0.15) is 0 Å². The van der Waals surface area contributed by atoms with Crippen LogP contribution >= 0.6 is 11.8 Å². The summed E-state index contributed by atoms with van der Waals surface area (Å²) in [5, 5.41) is 12.1. The summed E-state index contributed by atoms with van der Waals surface area (Å²) in [6.07, 6.45) is 2.74. The van der Waals surface area contributed by atoms with Crippen LogP contribution in [0.1, 0.15) is 26.2 Å². The molecule has 2 amide bonds. The van der Waals surface area contributed by atoms with E-state index in [0.29, 0.717) is 5.92 Å². The van der Waals surface area contributed by atoms with Crippen molar-refractivity contribution in [2.75, 3.05) is 31.9 Å². The molecule has 0 spiro atoms. The molecule has 2 N–H and O–H groups in total. The summed E-state index contributed by atoms with van der Waals surface area (Å²) in [5.41, 5.74) is 0. The number of carboxylic acids is 1. The van der Waals surface area contributed by atoms with Gasteiger partial charge in [0.05, 0.1) is 6.54 Å². The Labute approximate surface area is 165 Å². The number of thioether (sulfide) groups is 1. The fraction of sp³-hybridized carbons (Fsp3) is 0.600. The van der Waals surface area contributed by atoms with Crippen molar-refractivity contribution < 1.29 is 14.7 Å². The van der Waals surface area contributed by atoms with E-state index in [1.807, 2.05) is 34.6 Å². The van der Waals surface area contributed by atoms with Gasteiger partial charge in [-0.15, -0.1) is 11.8 Å². The first-order valence-electron chi connectivity index (χ1n) is 9.74. The summed E-state index contributed by atoms with van der Waals surface area (Å²) in [4.78, 5) is 28.6. The number of likely N-dealkylation sites (tertiary alicyclic amines) is 1. The van der Waals surface area contributed by atoms with E-state index in [0.717, 1.165) is 44.6 Å². The number of carbonyl (C=O) groups excluding carboxylic acids is 1. The third kappa shape index (κ3) is 5.62. The molecule has 27 heavy (non-hydrogen) atoms. The van der Waals surface area contributed by atoms with E-state index < -0.39 is 5.97 Å². The standard InChI is InChI=1S/C20H29N3O3S/c1-2-22(13-19(24)25)17-10-16(11-17)21-20(26)23-9-8-15(12-23)14-27-18-6-4-3-5-7-18/h3-7,15-17H,2,8-14H2,1H3,(H,21,26)(H,24,25). The van der Waals surface area contributed by atoms with Crippen molar-refractivity contribution in [1.82, 2.24) is 15.1 Å². The zero-order valence-electron chi connectivity index (χ0n) is 15.8. The van der Waals surface area contributed by atoms with E-state index >= 15 is 0 Å². The van der Waals surface area contributed by atoms with Crippen LogP contribution in [0.4, 0.5) is 4.79 Å². The quantitative estimate of drug-likeness (QED) is 0.667. The van der Waals surface area contributed by atoms with E-state index in [-0.39, 0.29) is 24.7 Å². The topological polar surface area (TPSA) is 72.9 Å². The number of benzene rings is 1. The molecule has 1 aromatic rings. The van der Waals surface area contributed by atoms with Gasteiger partial charge >= 0.3 is 12.0 Å². The number of urea groups is 1. The molecule has 2 aliphatic rings. The van der Waals surface area contributed by atoms with Crippen LogP contribution in [0.25, 0.3) is 0 Å². The Kier molecular flexibility index (Phi) is 7.01. The Hall–Kier alpha value is -1.73. The van der Waals surface area contributed by atoms with E-state index in [1.54, 1.807) is 0 Å². The number of rotatable bonds is 8. The van der Waals surface area contributed by atoms with Gasteiger partial charge in [0.15, 0.2) is 0 Å². The van der Waals surface area contributed by atoms with Crippen molar-refractivity contribution in [2.24, 2.45) is 5.92 Å². The van der Waals surface area contributed by atoms with Crippen molar-refractivity contribution in [1.29, 1.82) is 0 Å². The highest BCUT2D eigenvalue weighted by Crippen LogP contribution is 2.28. The summed E-state index contributed by atoms with van der Waals surface area (Å²) in [7, 11) is 0. The van der Waals surface area contributed by atoms with Crippen LogP contribution in [0, 0.1) is 5.92 Å². The summed E-state index contributed by atoms with van der Waals surface area (Å²) < 4.78 is 0. The largest absolute Gasteiger partial charge is 0.480 e. The third-order valence-electron chi connectivity index (χ3n) is 5.50. The van der Waals surface area contributed by atoms with E-state index in [4.69, 9.17) is 5.11 Å². The maximum Gasteiger partial charge on any atom is 0.317 e. The molecule has 1 saturated heterocycles. The van der Waals surface area contributed by atoms with Gasteiger partial charge in [-0.25, -0.2) is 4.79 Å². The zero-order valence-corrected chi connectivity index (χ0v) is 16.7. The van der Waals surface area contributed by atoms with Crippen molar-refractivity contribution >= 4 is 23.8 Å². The summed E-state index contributed by atoms with van der Waals surface area (Å²) in [6, 6.07) is 10.9. The first kappa shape index (κ1) is 20.0. The molecule has 1 saturated carbocycles. The molecule has 1 aliphatic carbocycles. The molecule has 7 heteroatoms. The maximum absolute atomic E-state index is 12.5. The zero-order chi connectivity index (χ0) is 19.2. The Morgan fingerprint density at radius 3 is 2.70 bits per heavy atom. The number of nitrogens with zero attached hydrogens (tertiary/aromatic N) is 2. The lowest BCUT2D eigenvalue weighted by atomic mass is 9.85. The second-order valence-electron chi connectivity index (χ2n) is 7.45. The lowest BCUT2D eigenvalue weighted by molar-refractivity contribution is -0.139. The molecule has 1 heterocycles. The Morgan fingerprint density at radius 2 is 2.04 bits per heavy atom. The number of carbonyl (C=O) groups is 2. The second-order valence-corrected chi connectivity index (χ2v) is 8.55. The van der Waals surface area contributed by atoms with Gasteiger partial charge in [0, 0.05) is 35.8 Å². The van der Waals surface area contributed by atoms with E-state index in [9.17, 15) is 9.59 Å². The molecule has 1 aliphatic heterocycles. The molecule has 0 aromatic heterocycles. The monoisotopic (exact) mass is 391 g/mol. The number of carboxylic acid groups (broad SMARTS) is 1. The summed E-state index contributed by atoms with van der Waals surface area (Å²) in [6.45, 7) is 4.43. The van der Waals surface area contributed by atoms with Crippen molar-refractivity contribution in [3.63, 3.8) is 0 Å². The summed E-state index contributed by atoms with van der Waals surface area (Å²) in [5.74, 6) is 0.794. The van der Waals surface area contributed by atoms with Crippen molar-refractivity contribution in [3.8, 4) is 0 Å². The summed E-state index contributed by atoms with van der Waals surface area (Å²) >= 11 is 1.86. The molecular formula is C20H29N3O3S. The lowest BCUT2D eigenvalue weighted by Gasteiger charge is -2.42. The number of nitrogens with one attached hydrogen (secondary N) is 1. The minimum Gasteiger partial charge on any atom is -0.480 e. The Bertz CT molecular complexity index is 637. The molecule has 0 radical (unpaired) electrons. The third-order valence-corrected chi connectivity index (χ3v) is 6.75. The average molecular weight is 392 g/mol. The Morgan fingerprint density at radius 1 is 1.30 bits per heavy atom. The fourth-order valence-electron chi connectivity index (χ4n) is 3.83. The van der Waals surface area contributed by atoms with Gasteiger partial charge in [-0.3, -0.25) is 9.69 Å². The van der Waals surface area contributed by atoms with Crippen LogP contribution in [0.3, 0.4) is 0 Å². The molecule has 148 valence electrons. The van der Waals surface area contributed by atoms with Gasteiger partial charge in [0.2, 0.25) is 0 Å². The lowest BCUT2D eigenvalue weighted by Crippen LogP contribution is -2.56. The first-order valence-corrected chi connectivity index (χ1v) is 10.7. The van der Waals surface area contributed by atoms with Crippen molar-refractivity contribution in [3.05, 3.63) is 30.3 Å². The van der Waals surface area contributed by atoms with Crippen LogP contribution in [0.2, 0.25) is 0 Å². The highest BCUT2D eigenvalue weighted by Gasteiger charge is 2.36. The maximum atomic E-state index is 12.5. The van der Waals surface area contributed by atoms with E-state index in [1.165, 1.54) is 4.90 Å². The first-order chi connectivity index (χ1) is 13.0. The molecule has 0 bridgehead atoms. The predicted octanol–water partition coefficient (Wildman–Crippen LogP) is 2.75. The Balaban J connectivity index is 1.36. The molecule has 1 aromatic carbocycles. The highest BCUT2D eigenvalue weighted by atomic mass is 32.2. The minimum atomic E-state index is -0.791. The van der Waals surface area contributed by atoms with Gasteiger partial charge < -0.3 is 15.3 Å². The molecular weight excluding hydrogens is 362 g/mol. The smallest absolute Gasteiger partial charge is 0.317 e. The second kappa shape index (κ2) is 9.46. The number of aliphatic carboxylic acids is 1. The number of amides is 2. The van der Waals surface area contributed by atoms with Crippen LogP contribution in [0.5, 0.6) is 0 Å². The molecule has 1 atom stereocenters. The minimum absolute atomic E-state index is 0.0342. The van der Waals surface area contributed by atoms with Gasteiger partial charge in [-0.05, 0) is 43.9 Å². The number of likely N-dealkylation sites (N-methyl/N-ethyl adjacent to an activating group) is 1. The number of hydrogen-bond acceptors (Lipinski definition) is 4. The van der Waals surface area contributed by atoms with Gasteiger partial charge in [-0.2, -0.15) is 0 Å². The van der Waals surface area contributed by atoms with Crippen LogP contribution in [-0.2, 0) is 4.79 Å². The number of hydrogen-bond donors (Lipinski definition) is 2. The van der Waals surface area contributed by atoms with Gasteiger partial charge in [-0.1, -0.05) is 25.1 Å². The van der Waals surface area contributed by atoms with E-state index in [2.05, 4.69) is 29.6 Å². The molecule has 3 rings (SSSR count). The van der Waals surface area contributed by atoms with Crippen LogP contribution < -0.4 is 5.32 Å². The normalized spacial score (nSPS) is 24.7. The molecule has 2 fully saturated rings. The molecule has 1 unspecified atom stereocenters. The van der Waals surface area contributed by atoms with Crippen LogP contribution in [-0.4, -0.2) is 70.9 Å².